The Kier molecular flexibility index (Phi) is 16.6. The van der Waals surface area contributed by atoms with Gasteiger partial charge in [-0.1, -0.05) is 103 Å². The van der Waals surface area contributed by atoms with E-state index in [1.54, 1.807) is 55.6 Å². The van der Waals surface area contributed by atoms with Gasteiger partial charge in [-0.2, -0.15) is 0 Å². The van der Waals surface area contributed by atoms with Gasteiger partial charge in [0.1, 0.15) is 29.9 Å². The number of ether oxygens (including phenoxy) is 1. The molecule has 0 radical (unpaired) electrons. The number of methoxy groups -OCH3 is 1. The number of nitrogens with two attached hydrogens (primary N) is 2. The average molecular weight is 882 g/mol. The van der Waals surface area contributed by atoms with Crippen LogP contribution in [0.25, 0.3) is 10.8 Å². The van der Waals surface area contributed by atoms with Gasteiger partial charge in [-0.15, -0.1) is 0 Å². The van der Waals surface area contributed by atoms with Crippen molar-refractivity contribution in [2.45, 2.75) is 62.7 Å². The van der Waals surface area contributed by atoms with Gasteiger partial charge in [-0.05, 0) is 60.4 Å². The number of guanidine groups is 1. The number of benzene rings is 5. The number of hydrogen-bond acceptors (Lipinski definition) is 8. The second-order valence-electron chi connectivity index (χ2n) is 15.7. The summed E-state index contributed by atoms with van der Waals surface area (Å²) in [5.74, 6) is -2.77. The van der Waals surface area contributed by atoms with Gasteiger partial charge in [-0.3, -0.25) is 33.8 Å². The molecule has 338 valence electrons. The van der Waals surface area contributed by atoms with Crippen LogP contribution in [0.15, 0.2) is 132 Å². The summed E-state index contributed by atoms with van der Waals surface area (Å²) >= 11 is 0. The number of rotatable bonds is 20. The molecule has 1 aliphatic rings. The van der Waals surface area contributed by atoms with Gasteiger partial charge in [-0.25, -0.2) is 0 Å². The molecule has 1 fully saturated rings. The minimum atomic E-state index is -1.18. The Morgan fingerprint density at radius 3 is 2.03 bits per heavy atom. The summed E-state index contributed by atoms with van der Waals surface area (Å²) in [7, 11) is 1.56. The van der Waals surface area contributed by atoms with Crippen molar-refractivity contribution in [3.05, 3.63) is 144 Å². The molecule has 9 N–H and O–H groups in total. The van der Waals surface area contributed by atoms with E-state index >= 15 is 0 Å². The van der Waals surface area contributed by atoms with Gasteiger partial charge in [0.05, 0.1) is 13.7 Å². The van der Waals surface area contributed by atoms with Crippen molar-refractivity contribution in [2.75, 3.05) is 32.1 Å². The summed E-state index contributed by atoms with van der Waals surface area (Å²) < 4.78 is 5.60. The number of amides is 6. The zero-order valence-corrected chi connectivity index (χ0v) is 36.2. The maximum absolute atomic E-state index is 14.6. The molecule has 1 saturated heterocycles. The van der Waals surface area contributed by atoms with Crippen LogP contribution in [-0.4, -0.2) is 97.2 Å². The van der Waals surface area contributed by atoms with E-state index in [1.165, 1.54) is 4.90 Å². The number of carbonyl (C=O) groups excluding carboxylic acids is 6. The molecule has 0 aliphatic carbocycles. The molecule has 0 spiro atoms. The Hall–Kier alpha value is -7.75. The molecule has 1 aliphatic heterocycles. The quantitative estimate of drug-likeness (QED) is 0.0345. The predicted molar refractivity (Wildman–Crippen MR) is 249 cm³/mol. The van der Waals surface area contributed by atoms with E-state index in [9.17, 15) is 28.8 Å². The lowest BCUT2D eigenvalue weighted by Crippen LogP contribution is -2.58. The van der Waals surface area contributed by atoms with Crippen molar-refractivity contribution < 1.29 is 33.5 Å². The van der Waals surface area contributed by atoms with Gasteiger partial charge in [0.25, 0.3) is 5.91 Å². The normalized spacial score (nSPS) is 14.5. The van der Waals surface area contributed by atoms with Crippen LogP contribution in [0.2, 0.25) is 0 Å². The van der Waals surface area contributed by atoms with Gasteiger partial charge < -0.3 is 47.7 Å². The Balaban J connectivity index is 1.16. The van der Waals surface area contributed by atoms with E-state index in [1.807, 2.05) is 78.9 Å². The average Bonchev–Trinajstić information content (AvgIpc) is 3.82. The summed E-state index contributed by atoms with van der Waals surface area (Å²) in [6, 6.07) is 33.7. The summed E-state index contributed by atoms with van der Waals surface area (Å²) in [5.41, 5.74) is 13.3. The first-order valence-electron chi connectivity index (χ1n) is 21.5. The molecule has 4 atom stereocenters. The van der Waals surface area contributed by atoms with Gasteiger partial charge >= 0.3 is 0 Å². The van der Waals surface area contributed by atoms with Crippen molar-refractivity contribution in [1.82, 2.24) is 26.2 Å². The zero-order valence-electron chi connectivity index (χ0n) is 36.2. The number of hydrogen-bond donors (Lipinski definition) is 7. The lowest BCUT2D eigenvalue weighted by atomic mass is 10.0. The van der Waals surface area contributed by atoms with Gasteiger partial charge in [0.15, 0.2) is 5.96 Å². The lowest BCUT2D eigenvalue weighted by molar-refractivity contribution is -0.140. The highest BCUT2D eigenvalue weighted by molar-refractivity contribution is 6.02. The number of anilines is 1. The largest absolute Gasteiger partial charge is 0.496 e. The van der Waals surface area contributed by atoms with Crippen LogP contribution in [0.1, 0.15) is 47.2 Å². The van der Waals surface area contributed by atoms with E-state index in [4.69, 9.17) is 16.2 Å². The molecule has 65 heavy (non-hydrogen) atoms. The van der Waals surface area contributed by atoms with Crippen molar-refractivity contribution >= 4 is 57.9 Å². The smallest absolute Gasteiger partial charge is 0.251 e. The highest BCUT2D eigenvalue weighted by Gasteiger charge is 2.39. The van der Waals surface area contributed by atoms with Crippen LogP contribution >= 0.6 is 0 Å². The molecule has 0 saturated carbocycles. The molecule has 1 heterocycles. The summed E-state index contributed by atoms with van der Waals surface area (Å²) in [4.78, 5) is 88.4. The molecule has 0 aromatic heterocycles. The van der Waals surface area contributed by atoms with Crippen LogP contribution in [0, 0.1) is 0 Å². The third-order valence-corrected chi connectivity index (χ3v) is 11.0. The van der Waals surface area contributed by atoms with E-state index in [0.29, 0.717) is 42.8 Å². The minimum Gasteiger partial charge on any atom is -0.496 e. The molecule has 5 aromatic rings. The molecule has 16 nitrogen and oxygen atoms in total. The first-order chi connectivity index (χ1) is 31.5. The first kappa shape index (κ1) is 46.7. The lowest BCUT2D eigenvalue weighted by Gasteiger charge is -2.30. The highest BCUT2D eigenvalue weighted by Crippen LogP contribution is 2.30. The van der Waals surface area contributed by atoms with Crippen molar-refractivity contribution in [2.24, 2.45) is 16.5 Å². The Labute approximate surface area is 377 Å². The zero-order chi connectivity index (χ0) is 46.1. The molecule has 5 aromatic carbocycles. The van der Waals surface area contributed by atoms with Crippen LogP contribution in [-0.2, 0) is 36.8 Å². The molecular weight excluding hydrogens is 827 g/mol. The fourth-order valence-electron chi connectivity index (χ4n) is 7.77. The number of carbonyl (C=O) groups is 6. The third-order valence-electron chi connectivity index (χ3n) is 11.0. The molecule has 0 bridgehead atoms. The molecule has 0 unspecified atom stereocenters. The molecule has 6 rings (SSSR count). The van der Waals surface area contributed by atoms with E-state index in [2.05, 4.69) is 31.6 Å². The topological polar surface area (TPSA) is 239 Å². The van der Waals surface area contributed by atoms with Crippen molar-refractivity contribution in [3.8, 4) is 5.75 Å². The van der Waals surface area contributed by atoms with Crippen LogP contribution in [0.5, 0.6) is 5.75 Å². The van der Waals surface area contributed by atoms with Gasteiger partial charge in [0.2, 0.25) is 29.5 Å². The van der Waals surface area contributed by atoms with E-state index in [-0.39, 0.29) is 37.7 Å². The maximum atomic E-state index is 14.6. The SMILES string of the molecule is COc1cc(NC(=O)[C@@H]2CCCN2C(=O)[C@H](Cc2ccccc2)NC(=O)[C@H](Cc2ccccc2)NC(=O)CNC(=O)[C@H](CCCN=C(N)N)NC(=O)c2ccccc2)cc2ccccc12. The number of nitrogens with zero attached hydrogens (tertiary/aromatic N) is 2. The minimum absolute atomic E-state index is 0.0587. The van der Waals surface area contributed by atoms with Gasteiger partial charge in [0, 0.05) is 48.6 Å². The summed E-state index contributed by atoms with van der Waals surface area (Å²) in [6.45, 7) is -0.0163. The maximum Gasteiger partial charge on any atom is 0.251 e. The standard InChI is InChI=1S/C49H55N9O7/c1-65-42-30-36(29-35-21-11-12-22-37(35)42)54-47(63)41-24-14-26-58(41)48(64)40(28-33-17-7-3-8-18-33)57-46(62)39(27-32-15-5-2-6-16-32)55-43(59)31-53-45(61)38(23-13-25-52-49(50)51)56-44(60)34-19-9-4-10-20-34/h2-12,15-22,29-30,38-41H,13-14,23-28,31H2,1H3,(H,53,61)(H,54,63)(H,55,59)(H,56,60)(H,57,62)(H4,50,51,52)/t38-,39-,40-,41-/m0/s1. The Morgan fingerprint density at radius 2 is 1.37 bits per heavy atom. The fraction of sp³-hybridized carbons (Fsp3) is 0.286. The summed E-state index contributed by atoms with van der Waals surface area (Å²) in [6.07, 6.45) is 1.67. The first-order valence-corrected chi connectivity index (χ1v) is 21.5. The van der Waals surface area contributed by atoms with Crippen molar-refractivity contribution in [3.63, 3.8) is 0 Å². The monoisotopic (exact) mass is 881 g/mol. The Bertz CT molecular complexity index is 2470. The summed E-state index contributed by atoms with van der Waals surface area (Å²) in [5, 5.41) is 15.7. The van der Waals surface area contributed by atoms with E-state index < -0.39 is 60.2 Å². The number of fused-ring (bicyclic) bond motifs is 1. The molecule has 6 amide bonds. The predicted octanol–water partition coefficient (Wildman–Crippen LogP) is 3.20. The third kappa shape index (κ3) is 13.4. The number of nitrogens with one attached hydrogen (secondary N) is 5. The highest BCUT2D eigenvalue weighted by atomic mass is 16.5. The van der Waals surface area contributed by atoms with Crippen LogP contribution < -0.4 is 42.8 Å². The van der Waals surface area contributed by atoms with Crippen LogP contribution in [0.4, 0.5) is 5.69 Å². The van der Waals surface area contributed by atoms with E-state index in [0.717, 1.165) is 21.9 Å². The number of likely N-dealkylation sites (tertiary alicyclic amines) is 1. The van der Waals surface area contributed by atoms with Crippen LogP contribution in [0.3, 0.4) is 0 Å². The number of aliphatic imine (C=N–C) groups is 1. The second kappa shape index (κ2) is 23.1. The second-order valence-corrected chi connectivity index (χ2v) is 15.7. The molecule has 16 heteroatoms. The Morgan fingerprint density at radius 1 is 0.738 bits per heavy atom. The van der Waals surface area contributed by atoms with Crippen molar-refractivity contribution in [1.29, 1.82) is 0 Å². The molecular formula is C49H55N9O7. The fourth-order valence-corrected chi connectivity index (χ4v) is 7.77.